The Morgan fingerprint density at radius 1 is 1.19 bits per heavy atom. The van der Waals surface area contributed by atoms with Gasteiger partial charge in [-0.2, -0.15) is 0 Å². The van der Waals surface area contributed by atoms with Gasteiger partial charge in [0.1, 0.15) is 18.1 Å². The first-order valence-electron chi connectivity index (χ1n) is 10.5. The fraction of sp³-hybridized carbons (Fsp3) is 0.348. The fourth-order valence-electron chi connectivity index (χ4n) is 3.61. The number of pyridine rings is 1. The van der Waals surface area contributed by atoms with E-state index in [1.54, 1.807) is 25.4 Å². The van der Waals surface area contributed by atoms with Crippen molar-refractivity contribution in [1.82, 2.24) is 19.9 Å². The molecule has 32 heavy (non-hydrogen) atoms. The first-order valence-corrected chi connectivity index (χ1v) is 10.9. The van der Waals surface area contributed by atoms with Gasteiger partial charge in [0.2, 0.25) is 5.91 Å². The number of amides is 1. The Labute approximate surface area is 192 Å². The van der Waals surface area contributed by atoms with Gasteiger partial charge in [-0.3, -0.25) is 19.6 Å². The molecule has 1 aliphatic rings. The highest BCUT2D eigenvalue weighted by Crippen LogP contribution is 2.25. The van der Waals surface area contributed by atoms with Crippen LogP contribution < -0.4 is 10.1 Å². The van der Waals surface area contributed by atoms with Crippen LogP contribution in [0.15, 0.2) is 53.3 Å². The molecule has 0 atom stereocenters. The number of halogens is 1. The number of benzene rings is 1. The number of carbonyl (C=O) groups is 1. The summed E-state index contributed by atoms with van der Waals surface area (Å²) in [6.45, 7) is 6.62. The van der Waals surface area contributed by atoms with E-state index in [-0.39, 0.29) is 5.91 Å². The van der Waals surface area contributed by atoms with Crippen LogP contribution in [0.2, 0.25) is 5.02 Å². The van der Waals surface area contributed by atoms with E-state index in [0.29, 0.717) is 29.8 Å². The number of piperazine rings is 1. The average Bonchev–Trinajstić information content (AvgIpc) is 3.19. The highest BCUT2D eigenvalue weighted by Gasteiger charge is 2.20. The van der Waals surface area contributed by atoms with Crippen molar-refractivity contribution in [2.75, 3.05) is 38.0 Å². The molecule has 0 unspecified atom stereocenters. The second-order valence-corrected chi connectivity index (χ2v) is 8.26. The van der Waals surface area contributed by atoms with Crippen molar-refractivity contribution in [2.45, 2.75) is 20.1 Å². The van der Waals surface area contributed by atoms with Gasteiger partial charge >= 0.3 is 0 Å². The Balaban J connectivity index is 1.28. The number of anilines is 1. The molecule has 0 spiro atoms. The largest absolute Gasteiger partial charge is 0.489 e. The van der Waals surface area contributed by atoms with E-state index < -0.39 is 0 Å². The van der Waals surface area contributed by atoms with Crippen molar-refractivity contribution in [3.8, 4) is 5.75 Å². The molecule has 0 aliphatic carbocycles. The molecule has 0 bridgehead atoms. The van der Waals surface area contributed by atoms with Crippen molar-refractivity contribution in [1.29, 1.82) is 0 Å². The summed E-state index contributed by atoms with van der Waals surface area (Å²) in [6, 6.07) is 11.3. The van der Waals surface area contributed by atoms with Crippen LogP contribution in [0.25, 0.3) is 0 Å². The molecule has 3 aromatic rings. The molecule has 1 N–H and O–H groups in total. The second kappa shape index (κ2) is 10.6. The van der Waals surface area contributed by atoms with E-state index in [1.165, 1.54) is 0 Å². The zero-order valence-electron chi connectivity index (χ0n) is 18.0. The third-order valence-electron chi connectivity index (χ3n) is 5.26. The number of nitrogens with zero attached hydrogens (tertiary/aromatic N) is 4. The molecule has 3 heterocycles. The third-order valence-corrected chi connectivity index (χ3v) is 5.50. The molecule has 1 aliphatic heterocycles. The highest BCUT2D eigenvalue weighted by molar-refractivity contribution is 6.30. The molecule has 1 fully saturated rings. The van der Waals surface area contributed by atoms with Gasteiger partial charge in [0.05, 0.1) is 6.54 Å². The number of aryl methyl sites for hydroxylation is 1. The van der Waals surface area contributed by atoms with Gasteiger partial charge in [-0.1, -0.05) is 22.8 Å². The highest BCUT2D eigenvalue weighted by atomic mass is 35.5. The van der Waals surface area contributed by atoms with Gasteiger partial charge in [0, 0.05) is 67.3 Å². The smallest absolute Gasteiger partial charge is 0.239 e. The lowest BCUT2D eigenvalue weighted by Gasteiger charge is -2.34. The molecule has 2 aromatic heterocycles. The van der Waals surface area contributed by atoms with Crippen LogP contribution in [0.5, 0.6) is 5.75 Å². The summed E-state index contributed by atoms with van der Waals surface area (Å²) in [5.74, 6) is 1.85. The Kier molecular flexibility index (Phi) is 7.36. The first kappa shape index (κ1) is 22.3. The van der Waals surface area contributed by atoms with Crippen LogP contribution in [0, 0.1) is 6.92 Å². The average molecular weight is 456 g/mol. The SMILES string of the molecule is Cc1cc(NC(=O)CN2CCN(Cc3cc(Cl)ccc3OCc3cccnc3)CC2)no1. The molecule has 8 nitrogen and oxygen atoms in total. The maximum Gasteiger partial charge on any atom is 0.239 e. The number of rotatable bonds is 8. The molecule has 1 amide bonds. The molecule has 1 aromatic carbocycles. The van der Waals surface area contributed by atoms with E-state index in [0.717, 1.165) is 49.6 Å². The van der Waals surface area contributed by atoms with Crippen molar-refractivity contribution < 1.29 is 14.1 Å². The standard InChI is InChI=1S/C23H26ClN5O3/c1-17-11-22(27-32-17)26-23(30)15-29-9-7-28(8-10-29)14-19-12-20(24)4-5-21(19)31-16-18-3-2-6-25-13-18/h2-6,11-13H,7-10,14-16H2,1H3,(H,26,27,30). The van der Waals surface area contributed by atoms with Crippen molar-refractivity contribution in [2.24, 2.45) is 0 Å². The van der Waals surface area contributed by atoms with Crippen molar-refractivity contribution in [3.05, 3.63) is 70.7 Å². The number of ether oxygens (including phenoxy) is 1. The number of nitrogens with one attached hydrogen (secondary N) is 1. The summed E-state index contributed by atoms with van der Waals surface area (Å²) < 4.78 is 11.0. The van der Waals surface area contributed by atoms with Crippen LogP contribution in [-0.2, 0) is 17.9 Å². The van der Waals surface area contributed by atoms with E-state index in [2.05, 4.69) is 25.3 Å². The Bertz CT molecular complexity index is 1040. The molecule has 0 radical (unpaired) electrons. The van der Waals surface area contributed by atoms with E-state index in [4.69, 9.17) is 20.9 Å². The Hall–Kier alpha value is -2.94. The van der Waals surface area contributed by atoms with E-state index in [9.17, 15) is 4.79 Å². The van der Waals surface area contributed by atoms with Gasteiger partial charge in [-0.15, -0.1) is 0 Å². The molecular weight excluding hydrogens is 430 g/mol. The molecule has 9 heteroatoms. The van der Waals surface area contributed by atoms with Crippen molar-refractivity contribution in [3.63, 3.8) is 0 Å². The minimum absolute atomic E-state index is 0.0901. The van der Waals surface area contributed by atoms with E-state index in [1.807, 2.05) is 30.3 Å². The van der Waals surface area contributed by atoms with Crippen LogP contribution in [0.3, 0.4) is 0 Å². The monoisotopic (exact) mass is 455 g/mol. The summed E-state index contributed by atoms with van der Waals surface area (Å²) in [6.07, 6.45) is 3.55. The number of aromatic nitrogens is 2. The van der Waals surface area contributed by atoms with Gasteiger partial charge in [-0.05, 0) is 31.2 Å². The van der Waals surface area contributed by atoms with Crippen LogP contribution in [0.1, 0.15) is 16.9 Å². The van der Waals surface area contributed by atoms with Crippen LogP contribution in [0.4, 0.5) is 5.82 Å². The predicted molar refractivity (Wildman–Crippen MR) is 122 cm³/mol. The molecule has 168 valence electrons. The Morgan fingerprint density at radius 3 is 2.72 bits per heavy atom. The molecule has 4 rings (SSSR count). The lowest BCUT2D eigenvalue weighted by molar-refractivity contribution is -0.117. The van der Waals surface area contributed by atoms with Crippen molar-refractivity contribution >= 4 is 23.3 Å². The van der Waals surface area contributed by atoms with Gasteiger partial charge in [-0.25, -0.2) is 0 Å². The number of hydrogen-bond acceptors (Lipinski definition) is 7. The second-order valence-electron chi connectivity index (χ2n) is 7.83. The quantitative estimate of drug-likeness (QED) is 0.557. The van der Waals surface area contributed by atoms with Gasteiger partial charge in [0.25, 0.3) is 0 Å². The number of carbonyl (C=O) groups excluding carboxylic acids is 1. The minimum Gasteiger partial charge on any atom is -0.489 e. The minimum atomic E-state index is -0.0901. The molecule has 0 saturated carbocycles. The maximum atomic E-state index is 12.2. The number of hydrogen-bond donors (Lipinski definition) is 1. The predicted octanol–water partition coefficient (Wildman–Crippen LogP) is 3.37. The first-order chi connectivity index (χ1) is 15.5. The van der Waals surface area contributed by atoms with Crippen LogP contribution >= 0.6 is 11.6 Å². The lowest BCUT2D eigenvalue weighted by Crippen LogP contribution is -2.48. The summed E-state index contributed by atoms with van der Waals surface area (Å²) in [5, 5.41) is 7.25. The summed E-state index contributed by atoms with van der Waals surface area (Å²) >= 11 is 6.25. The normalized spacial score (nSPS) is 14.9. The topological polar surface area (TPSA) is 83.7 Å². The zero-order valence-corrected chi connectivity index (χ0v) is 18.7. The lowest BCUT2D eigenvalue weighted by atomic mass is 10.1. The zero-order chi connectivity index (χ0) is 22.3. The van der Waals surface area contributed by atoms with Gasteiger partial charge in [0.15, 0.2) is 5.82 Å². The summed E-state index contributed by atoms with van der Waals surface area (Å²) in [7, 11) is 0. The molecule has 1 saturated heterocycles. The van der Waals surface area contributed by atoms with Gasteiger partial charge < -0.3 is 14.6 Å². The third kappa shape index (κ3) is 6.29. The Morgan fingerprint density at radius 2 is 2.00 bits per heavy atom. The maximum absolute atomic E-state index is 12.2. The summed E-state index contributed by atoms with van der Waals surface area (Å²) in [4.78, 5) is 20.9. The summed E-state index contributed by atoms with van der Waals surface area (Å²) in [5.41, 5.74) is 2.06. The molecular formula is C23H26ClN5O3. The van der Waals surface area contributed by atoms with Crippen LogP contribution in [-0.4, -0.2) is 58.6 Å². The van der Waals surface area contributed by atoms with E-state index >= 15 is 0 Å². The fourth-order valence-corrected chi connectivity index (χ4v) is 3.81.